The Kier molecular flexibility index (Phi) is 4.78. The van der Waals surface area contributed by atoms with E-state index in [-0.39, 0.29) is 12.0 Å². The van der Waals surface area contributed by atoms with Crippen molar-refractivity contribution in [3.8, 4) is 0 Å². The Morgan fingerprint density at radius 2 is 2.13 bits per heavy atom. The van der Waals surface area contributed by atoms with Crippen LogP contribution in [0.5, 0.6) is 0 Å². The first-order valence-corrected chi connectivity index (χ1v) is 8.86. The van der Waals surface area contributed by atoms with Gasteiger partial charge in [-0.05, 0) is 74.0 Å². The number of aliphatic carboxylic acids is 1. The molecule has 1 N–H and O–H groups in total. The molecule has 2 aromatic heterocycles. The second-order valence-electron chi connectivity index (χ2n) is 6.31. The number of likely N-dealkylation sites (tertiary alicyclic amines) is 1. The molecule has 1 fully saturated rings. The maximum Gasteiger partial charge on any atom is 0.306 e. The van der Waals surface area contributed by atoms with Gasteiger partial charge < -0.3 is 5.11 Å². The highest BCUT2D eigenvalue weighted by Gasteiger charge is 2.31. The highest BCUT2D eigenvalue weighted by atomic mass is 32.1. The van der Waals surface area contributed by atoms with Crippen molar-refractivity contribution in [1.82, 2.24) is 9.88 Å². The van der Waals surface area contributed by atoms with E-state index in [1.54, 1.807) is 11.3 Å². The van der Waals surface area contributed by atoms with Gasteiger partial charge in [-0.1, -0.05) is 0 Å². The number of aryl methyl sites for hydroxylation is 2. The number of aromatic nitrogens is 1. The maximum atomic E-state index is 11.2. The van der Waals surface area contributed by atoms with E-state index in [1.165, 1.54) is 21.6 Å². The average Bonchev–Trinajstić information content (AvgIpc) is 2.96. The molecule has 1 saturated heterocycles. The van der Waals surface area contributed by atoms with Crippen molar-refractivity contribution < 1.29 is 9.90 Å². The number of carbonyl (C=O) groups is 1. The summed E-state index contributed by atoms with van der Waals surface area (Å²) in [6.45, 7) is 5.85. The molecule has 0 spiro atoms. The number of piperidine rings is 1. The molecule has 5 heteroatoms. The lowest BCUT2D eigenvalue weighted by molar-refractivity contribution is -0.143. The molecule has 3 rings (SSSR count). The number of carboxylic acids is 1. The van der Waals surface area contributed by atoms with Crippen LogP contribution in [0.2, 0.25) is 0 Å². The average molecular weight is 330 g/mol. The molecule has 0 amide bonds. The molecule has 1 atom stereocenters. The minimum atomic E-state index is -0.659. The van der Waals surface area contributed by atoms with E-state index in [2.05, 4.69) is 41.2 Å². The van der Waals surface area contributed by atoms with E-state index < -0.39 is 5.97 Å². The maximum absolute atomic E-state index is 11.2. The lowest BCUT2D eigenvalue weighted by Gasteiger charge is -2.37. The summed E-state index contributed by atoms with van der Waals surface area (Å²) in [4.78, 5) is 19.2. The van der Waals surface area contributed by atoms with Gasteiger partial charge in [0.25, 0.3) is 0 Å². The molecule has 1 unspecified atom stereocenters. The molecule has 1 aliphatic rings. The third kappa shape index (κ3) is 3.46. The van der Waals surface area contributed by atoms with Crippen LogP contribution in [0.25, 0.3) is 0 Å². The van der Waals surface area contributed by atoms with E-state index in [1.807, 2.05) is 12.4 Å². The zero-order valence-corrected chi connectivity index (χ0v) is 14.3. The third-order valence-corrected chi connectivity index (χ3v) is 5.73. The summed E-state index contributed by atoms with van der Waals surface area (Å²) < 4.78 is 0. The van der Waals surface area contributed by atoms with Gasteiger partial charge in [0, 0.05) is 17.3 Å². The summed E-state index contributed by atoms with van der Waals surface area (Å²) in [7, 11) is 0. The zero-order chi connectivity index (χ0) is 16.4. The van der Waals surface area contributed by atoms with Crippen LogP contribution in [0, 0.1) is 19.8 Å². The quantitative estimate of drug-likeness (QED) is 0.930. The van der Waals surface area contributed by atoms with Crippen LogP contribution < -0.4 is 0 Å². The Bertz CT molecular complexity index is 690. The van der Waals surface area contributed by atoms with E-state index in [9.17, 15) is 9.90 Å². The van der Waals surface area contributed by atoms with Gasteiger partial charge in [-0.3, -0.25) is 14.7 Å². The Labute approximate surface area is 140 Å². The number of carboxylic acid groups (broad SMARTS) is 1. The van der Waals surface area contributed by atoms with E-state index in [0.717, 1.165) is 25.9 Å². The lowest BCUT2D eigenvalue weighted by atomic mass is 9.93. The SMILES string of the molecule is Cc1csc(C(c2ccncc2C)N2CCC(C(=O)O)CC2)c1. The number of nitrogens with zero attached hydrogens (tertiary/aromatic N) is 2. The monoisotopic (exact) mass is 330 g/mol. The summed E-state index contributed by atoms with van der Waals surface area (Å²) in [5.41, 5.74) is 3.74. The Morgan fingerprint density at radius 1 is 1.39 bits per heavy atom. The molecule has 0 bridgehead atoms. The predicted octanol–water partition coefficient (Wildman–Crippen LogP) is 3.65. The minimum absolute atomic E-state index is 0.199. The van der Waals surface area contributed by atoms with Crippen LogP contribution in [0.1, 0.15) is 40.5 Å². The number of rotatable bonds is 4. The first-order valence-electron chi connectivity index (χ1n) is 7.98. The van der Waals surface area contributed by atoms with Crippen molar-refractivity contribution in [2.45, 2.75) is 32.7 Å². The summed E-state index contributed by atoms with van der Waals surface area (Å²) in [6.07, 6.45) is 5.20. The van der Waals surface area contributed by atoms with Crippen LogP contribution in [-0.4, -0.2) is 34.0 Å². The molecule has 4 nitrogen and oxygen atoms in total. The first kappa shape index (κ1) is 16.1. The molecule has 1 aliphatic heterocycles. The van der Waals surface area contributed by atoms with Crippen LogP contribution in [-0.2, 0) is 4.79 Å². The van der Waals surface area contributed by atoms with Crippen LogP contribution in [0.15, 0.2) is 29.9 Å². The van der Waals surface area contributed by atoms with Crippen molar-refractivity contribution in [2.75, 3.05) is 13.1 Å². The van der Waals surface area contributed by atoms with E-state index in [0.29, 0.717) is 0 Å². The smallest absolute Gasteiger partial charge is 0.306 e. The van der Waals surface area contributed by atoms with Gasteiger partial charge in [0.2, 0.25) is 0 Å². The third-order valence-electron chi connectivity index (χ3n) is 4.62. The highest BCUT2D eigenvalue weighted by molar-refractivity contribution is 7.10. The lowest BCUT2D eigenvalue weighted by Crippen LogP contribution is -2.39. The van der Waals surface area contributed by atoms with Gasteiger partial charge in [-0.15, -0.1) is 11.3 Å². The topological polar surface area (TPSA) is 53.4 Å². The summed E-state index contributed by atoms with van der Waals surface area (Å²) in [5.74, 6) is -0.858. The molecular formula is C18H22N2O2S. The van der Waals surface area contributed by atoms with Crippen molar-refractivity contribution >= 4 is 17.3 Å². The van der Waals surface area contributed by atoms with Gasteiger partial charge in [-0.2, -0.15) is 0 Å². The van der Waals surface area contributed by atoms with Crippen molar-refractivity contribution in [1.29, 1.82) is 0 Å². The summed E-state index contributed by atoms with van der Waals surface area (Å²) in [6, 6.07) is 4.54. The van der Waals surface area contributed by atoms with E-state index in [4.69, 9.17) is 0 Å². The van der Waals surface area contributed by atoms with Gasteiger partial charge in [0.15, 0.2) is 0 Å². The minimum Gasteiger partial charge on any atom is -0.481 e. The predicted molar refractivity (Wildman–Crippen MR) is 91.8 cm³/mol. The fourth-order valence-corrected chi connectivity index (χ4v) is 4.37. The molecular weight excluding hydrogens is 308 g/mol. The van der Waals surface area contributed by atoms with E-state index >= 15 is 0 Å². The largest absolute Gasteiger partial charge is 0.481 e. The van der Waals surface area contributed by atoms with Crippen molar-refractivity contribution in [3.63, 3.8) is 0 Å². The second-order valence-corrected chi connectivity index (χ2v) is 7.25. The van der Waals surface area contributed by atoms with Crippen LogP contribution >= 0.6 is 11.3 Å². The molecule has 0 aliphatic carbocycles. The van der Waals surface area contributed by atoms with Gasteiger partial charge >= 0.3 is 5.97 Å². The molecule has 0 saturated carbocycles. The van der Waals surface area contributed by atoms with Gasteiger partial charge in [0.05, 0.1) is 12.0 Å². The fraction of sp³-hybridized carbons (Fsp3) is 0.444. The normalized spacial score (nSPS) is 18.0. The molecule has 23 heavy (non-hydrogen) atoms. The molecule has 0 aromatic carbocycles. The van der Waals surface area contributed by atoms with Crippen LogP contribution in [0.4, 0.5) is 0 Å². The fourth-order valence-electron chi connectivity index (χ4n) is 3.32. The molecule has 2 aromatic rings. The highest BCUT2D eigenvalue weighted by Crippen LogP contribution is 2.36. The summed E-state index contributed by atoms with van der Waals surface area (Å²) in [5, 5.41) is 11.4. The molecule has 3 heterocycles. The first-order chi connectivity index (χ1) is 11.1. The van der Waals surface area contributed by atoms with Gasteiger partial charge in [0.1, 0.15) is 0 Å². The number of hydrogen-bond acceptors (Lipinski definition) is 4. The molecule has 0 radical (unpaired) electrons. The van der Waals surface area contributed by atoms with Gasteiger partial charge in [-0.25, -0.2) is 0 Å². The zero-order valence-electron chi connectivity index (χ0n) is 13.5. The Morgan fingerprint density at radius 3 is 2.70 bits per heavy atom. The Hall–Kier alpha value is -1.72. The number of hydrogen-bond donors (Lipinski definition) is 1. The Balaban J connectivity index is 1.91. The second kappa shape index (κ2) is 6.81. The van der Waals surface area contributed by atoms with Crippen LogP contribution in [0.3, 0.4) is 0 Å². The standard InChI is InChI=1S/C18H22N2O2S/c1-12-9-16(23-11-12)17(15-3-6-19-10-13(15)2)20-7-4-14(5-8-20)18(21)22/h3,6,9-11,14,17H,4-5,7-8H2,1-2H3,(H,21,22). The van der Waals surface area contributed by atoms with Crippen molar-refractivity contribution in [3.05, 3.63) is 51.5 Å². The number of pyridine rings is 1. The van der Waals surface area contributed by atoms with Crippen molar-refractivity contribution in [2.24, 2.45) is 5.92 Å². The summed E-state index contributed by atoms with van der Waals surface area (Å²) >= 11 is 1.78. The number of thiophene rings is 1. The molecule has 122 valence electrons.